The lowest BCUT2D eigenvalue weighted by molar-refractivity contribution is 0.142. The average Bonchev–Trinajstić information content (AvgIpc) is 2.48. The van der Waals surface area contributed by atoms with Crippen molar-refractivity contribution in [1.82, 2.24) is 0 Å². The molecule has 2 nitrogen and oxygen atoms in total. The van der Waals surface area contributed by atoms with Gasteiger partial charge in [-0.3, -0.25) is 0 Å². The lowest BCUT2D eigenvalue weighted by atomic mass is 9.98. The molecule has 3 heteroatoms. The highest BCUT2D eigenvalue weighted by molar-refractivity contribution is 6.30. The first-order valence-electron chi connectivity index (χ1n) is 6.96. The predicted octanol–water partition coefficient (Wildman–Crippen LogP) is 4.65. The maximum Gasteiger partial charge on any atom is 0.0783 e. The molecule has 0 bridgehead atoms. The number of anilines is 1. The van der Waals surface area contributed by atoms with E-state index in [-0.39, 0.29) is 6.04 Å². The van der Waals surface area contributed by atoms with E-state index in [0.717, 1.165) is 24.1 Å². The predicted molar refractivity (Wildman–Crippen MR) is 85.2 cm³/mol. The number of hydrogen-bond acceptors (Lipinski definition) is 2. The van der Waals surface area contributed by atoms with Gasteiger partial charge in [0.1, 0.15) is 0 Å². The molecule has 0 saturated heterocycles. The SMILES string of the molecule is CCCC(O)C(Nc1ccc(Cl)cc1)c1ccccc1. The second-order valence-corrected chi connectivity index (χ2v) is 5.33. The topological polar surface area (TPSA) is 32.3 Å². The molecule has 0 aliphatic heterocycles. The van der Waals surface area contributed by atoms with Crippen LogP contribution in [0.4, 0.5) is 5.69 Å². The minimum Gasteiger partial charge on any atom is -0.391 e. The van der Waals surface area contributed by atoms with Gasteiger partial charge in [-0.25, -0.2) is 0 Å². The fourth-order valence-corrected chi connectivity index (χ4v) is 2.38. The van der Waals surface area contributed by atoms with Crippen molar-refractivity contribution in [2.24, 2.45) is 0 Å². The van der Waals surface area contributed by atoms with E-state index >= 15 is 0 Å². The van der Waals surface area contributed by atoms with E-state index in [2.05, 4.69) is 12.2 Å². The van der Waals surface area contributed by atoms with Crippen molar-refractivity contribution >= 4 is 17.3 Å². The number of rotatable bonds is 6. The summed E-state index contributed by atoms with van der Waals surface area (Å²) in [7, 11) is 0. The van der Waals surface area contributed by atoms with E-state index in [1.165, 1.54) is 0 Å². The lowest BCUT2D eigenvalue weighted by Gasteiger charge is -2.25. The Bertz CT molecular complexity index is 512. The van der Waals surface area contributed by atoms with Crippen LogP contribution in [0, 0.1) is 0 Å². The van der Waals surface area contributed by atoms with Gasteiger partial charge in [0.15, 0.2) is 0 Å². The highest BCUT2D eigenvalue weighted by atomic mass is 35.5. The van der Waals surface area contributed by atoms with Gasteiger partial charge in [-0.1, -0.05) is 55.3 Å². The zero-order valence-electron chi connectivity index (χ0n) is 11.6. The van der Waals surface area contributed by atoms with Crippen LogP contribution in [0.25, 0.3) is 0 Å². The quantitative estimate of drug-likeness (QED) is 0.811. The van der Waals surface area contributed by atoms with Crippen LogP contribution < -0.4 is 5.32 Å². The van der Waals surface area contributed by atoms with Crippen molar-refractivity contribution in [3.63, 3.8) is 0 Å². The van der Waals surface area contributed by atoms with Crippen LogP contribution in [-0.4, -0.2) is 11.2 Å². The van der Waals surface area contributed by atoms with Gasteiger partial charge in [-0.05, 0) is 36.2 Å². The molecule has 106 valence electrons. The highest BCUT2D eigenvalue weighted by Crippen LogP contribution is 2.25. The van der Waals surface area contributed by atoms with E-state index in [4.69, 9.17) is 11.6 Å². The Labute approximate surface area is 125 Å². The molecule has 2 rings (SSSR count). The Balaban J connectivity index is 2.20. The summed E-state index contributed by atoms with van der Waals surface area (Å²) in [4.78, 5) is 0. The maximum atomic E-state index is 10.4. The number of aliphatic hydroxyl groups is 1. The Hall–Kier alpha value is -1.51. The van der Waals surface area contributed by atoms with Gasteiger partial charge in [0.2, 0.25) is 0 Å². The summed E-state index contributed by atoms with van der Waals surface area (Å²) in [5.74, 6) is 0. The lowest BCUT2D eigenvalue weighted by Crippen LogP contribution is -2.25. The first kappa shape index (κ1) is 14.9. The monoisotopic (exact) mass is 289 g/mol. The molecule has 2 aromatic rings. The van der Waals surface area contributed by atoms with Crippen molar-refractivity contribution in [1.29, 1.82) is 0 Å². The summed E-state index contributed by atoms with van der Waals surface area (Å²) < 4.78 is 0. The molecule has 2 aromatic carbocycles. The number of hydrogen-bond donors (Lipinski definition) is 2. The second-order valence-electron chi connectivity index (χ2n) is 4.90. The summed E-state index contributed by atoms with van der Waals surface area (Å²) in [6.07, 6.45) is 1.30. The molecule has 20 heavy (non-hydrogen) atoms. The van der Waals surface area contributed by atoms with Gasteiger partial charge in [-0.2, -0.15) is 0 Å². The largest absolute Gasteiger partial charge is 0.391 e. The Kier molecular flexibility index (Phi) is 5.45. The Morgan fingerprint density at radius 1 is 1.05 bits per heavy atom. The minimum atomic E-state index is -0.418. The Morgan fingerprint density at radius 2 is 1.70 bits per heavy atom. The van der Waals surface area contributed by atoms with E-state index in [9.17, 15) is 5.11 Å². The molecule has 2 unspecified atom stereocenters. The smallest absolute Gasteiger partial charge is 0.0783 e. The molecule has 2 N–H and O–H groups in total. The molecule has 0 aromatic heterocycles. The third kappa shape index (κ3) is 3.99. The molecule has 0 heterocycles. The molecule has 0 saturated carbocycles. The third-order valence-corrected chi connectivity index (χ3v) is 3.55. The van der Waals surface area contributed by atoms with Crippen molar-refractivity contribution in [2.45, 2.75) is 31.9 Å². The van der Waals surface area contributed by atoms with E-state index in [0.29, 0.717) is 5.02 Å². The maximum absolute atomic E-state index is 10.4. The summed E-state index contributed by atoms with van der Waals surface area (Å²) in [6, 6.07) is 17.5. The summed E-state index contributed by atoms with van der Waals surface area (Å²) in [6.45, 7) is 2.08. The summed E-state index contributed by atoms with van der Waals surface area (Å²) in [5, 5.41) is 14.5. The molecular formula is C17H20ClNO. The first-order chi connectivity index (χ1) is 9.70. The number of benzene rings is 2. The van der Waals surface area contributed by atoms with Crippen molar-refractivity contribution < 1.29 is 5.11 Å². The van der Waals surface area contributed by atoms with Crippen LogP contribution in [0.1, 0.15) is 31.4 Å². The van der Waals surface area contributed by atoms with Crippen molar-refractivity contribution in [2.75, 3.05) is 5.32 Å². The van der Waals surface area contributed by atoms with E-state index in [1.807, 2.05) is 54.6 Å². The third-order valence-electron chi connectivity index (χ3n) is 3.29. The second kappa shape index (κ2) is 7.32. The van der Waals surface area contributed by atoms with Crippen molar-refractivity contribution in [3.8, 4) is 0 Å². The van der Waals surface area contributed by atoms with Gasteiger partial charge < -0.3 is 10.4 Å². The van der Waals surface area contributed by atoms with Gasteiger partial charge in [0, 0.05) is 10.7 Å². The van der Waals surface area contributed by atoms with Crippen LogP contribution in [0.15, 0.2) is 54.6 Å². The standard InChI is InChI=1S/C17H20ClNO/c1-2-6-16(20)17(13-7-4-3-5-8-13)19-15-11-9-14(18)10-12-15/h3-5,7-12,16-17,19-20H,2,6H2,1H3. The molecule has 2 atom stereocenters. The normalized spacial score (nSPS) is 13.8. The van der Waals surface area contributed by atoms with Gasteiger partial charge >= 0.3 is 0 Å². The average molecular weight is 290 g/mol. The van der Waals surface area contributed by atoms with Crippen LogP contribution in [-0.2, 0) is 0 Å². The summed E-state index contributed by atoms with van der Waals surface area (Å²) in [5.41, 5.74) is 2.04. The van der Waals surface area contributed by atoms with Crippen LogP contribution in [0.3, 0.4) is 0 Å². The van der Waals surface area contributed by atoms with Crippen LogP contribution in [0.2, 0.25) is 5.02 Å². The van der Waals surface area contributed by atoms with Gasteiger partial charge in [0.05, 0.1) is 12.1 Å². The Morgan fingerprint density at radius 3 is 2.30 bits per heavy atom. The van der Waals surface area contributed by atoms with Gasteiger partial charge in [0.25, 0.3) is 0 Å². The van der Waals surface area contributed by atoms with E-state index < -0.39 is 6.10 Å². The zero-order chi connectivity index (χ0) is 14.4. The number of nitrogens with one attached hydrogen (secondary N) is 1. The van der Waals surface area contributed by atoms with Crippen LogP contribution in [0.5, 0.6) is 0 Å². The number of aliphatic hydroxyl groups excluding tert-OH is 1. The molecule has 0 radical (unpaired) electrons. The molecule has 0 spiro atoms. The van der Waals surface area contributed by atoms with E-state index in [1.54, 1.807) is 0 Å². The fraction of sp³-hybridized carbons (Fsp3) is 0.294. The van der Waals surface area contributed by atoms with Gasteiger partial charge in [-0.15, -0.1) is 0 Å². The summed E-state index contributed by atoms with van der Waals surface area (Å²) >= 11 is 5.90. The highest BCUT2D eigenvalue weighted by Gasteiger charge is 2.20. The number of halogens is 1. The minimum absolute atomic E-state index is 0.114. The van der Waals surface area contributed by atoms with Crippen molar-refractivity contribution in [3.05, 3.63) is 65.2 Å². The first-order valence-corrected chi connectivity index (χ1v) is 7.33. The van der Waals surface area contributed by atoms with Crippen LogP contribution >= 0.6 is 11.6 Å². The molecule has 0 aliphatic carbocycles. The zero-order valence-corrected chi connectivity index (χ0v) is 12.3. The molecular weight excluding hydrogens is 270 g/mol. The molecule has 0 amide bonds. The molecule has 0 aliphatic rings. The molecule has 0 fully saturated rings. The fourth-order valence-electron chi connectivity index (χ4n) is 2.25.